The Kier molecular flexibility index (Phi) is 15.4. The van der Waals surface area contributed by atoms with E-state index in [9.17, 15) is 4.79 Å². The van der Waals surface area contributed by atoms with Crippen LogP contribution in [-0.2, 0) is 4.79 Å². The van der Waals surface area contributed by atoms with Gasteiger partial charge in [0.05, 0.1) is 0 Å². The molecule has 0 heterocycles. The van der Waals surface area contributed by atoms with E-state index in [0.717, 1.165) is 12.8 Å². The highest BCUT2D eigenvalue weighted by Crippen LogP contribution is 2.13. The SMILES string of the molecule is CCCCCCCCCCCCCCCC[C@H](N)C(=O)O. The van der Waals surface area contributed by atoms with Gasteiger partial charge in [-0.15, -0.1) is 0 Å². The molecule has 0 saturated carbocycles. The van der Waals surface area contributed by atoms with Crippen LogP contribution in [0.25, 0.3) is 0 Å². The molecule has 0 radical (unpaired) electrons. The van der Waals surface area contributed by atoms with Crippen LogP contribution in [-0.4, -0.2) is 17.1 Å². The Labute approximate surface area is 131 Å². The van der Waals surface area contributed by atoms with E-state index in [-0.39, 0.29) is 0 Å². The van der Waals surface area contributed by atoms with Gasteiger partial charge in [-0.25, -0.2) is 0 Å². The van der Waals surface area contributed by atoms with Crippen LogP contribution in [0.2, 0.25) is 0 Å². The Morgan fingerprint density at radius 1 is 0.762 bits per heavy atom. The molecule has 0 amide bonds. The van der Waals surface area contributed by atoms with Gasteiger partial charge in [-0.3, -0.25) is 4.79 Å². The van der Waals surface area contributed by atoms with Crippen LogP contribution in [0.5, 0.6) is 0 Å². The van der Waals surface area contributed by atoms with Crippen molar-refractivity contribution >= 4 is 5.97 Å². The highest BCUT2D eigenvalue weighted by atomic mass is 16.4. The van der Waals surface area contributed by atoms with Gasteiger partial charge in [-0.1, -0.05) is 96.8 Å². The first kappa shape index (κ1) is 20.4. The Hall–Kier alpha value is -0.570. The molecule has 0 bridgehead atoms. The van der Waals surface area contributed by atoms with Crippen LogP contribution in [0, 0.1) is 0 Å². The molecule has 0 saturated heterocycles. The van der Waals surface area contributed by atoms with Crippen molar-refractivity contribution in [3.8, 4) is 0 Å². The number of nitrogens with two attached hydrogens (primary N) is 1. The van der Waals surface area contributed by atoms with Crippen LogP contribution in [0.4, 0.5) is 0 Å². The molecule has 3 N–H and O–H groups in total. The molecule has 3 nitrogen and oxygen atoms in total. The summed E-state index contributed by atoms with van der Waals surface area (Å²) in [6, 6.07) is -0.665. The van der Waals surface area contributed by atoms with E-state index in [4.69, 9.17) is 10.8 Å². The highest BCUT2D eigenvalue weighted by Gasteiger charge is 2.09. The van der Waals surface area contributed by atoms with E-state index in [1.54, 1.807) is 0 Å². The number of aliphatic carboxylic acids is 1. The van der Waals surface area contributed by atoms with Crippen LogP contribution in [0.3, 0.4) is 0 Å². The molecule has 21 heavy (non-hydrogen) atoms. The molecule has 0 fully saturated rings. The topological polar surface area (TPSA) is 63.3 Å². The molecule has 0 aromatic rings. The van der Waals surface area contributed by atoms with E-state index in [1.165, 1.54) is 77.0 Å². The smallest absolute Gasteiger partial charge is 0.320 e. The van der Waals surface area contributed by atoms with E-state index in [2.05, 4.69) is 6.92 Å². The Bertz CT molecular complexity index is 231. The number of hydrogen-bond acceptors (Lipinski definition) is 2. The largest absolute Gasteiger partial charge is 0.480 e. The van der Waals surface area contributed by atoms with Crippen LogP contribution >= 0.6 is 0 Å². The zero-order chi connectivity index (χ0) is 15.8. The van der Waals surface area contributed by atoms with Crippen molar-refractivity contribution in [3.63, 3.8) is 0 Å². The minimum absolute atomic E-state index is 0.618. The zero-order valence-corrected chi connectivity index (χ0v) is 14.1. The molecule has 0 rings (SSSR count). The summed E-state index contributed by atoms with van der Waals surface area (Å²) in [5, 5.41) is 8.66. The summed E-state index contributed by atoms with van der Waals surface area (Å²) < 4.78 is 0. The quantitative estimate of drug-likeness (QED) is 0.382. The Morgan fingerprint density at radius 2 is 1.10 bits per heavy atom. The first-order valence-electron chi connectivity index (χ1n) is 9.17. The molecule has 0 aliphatic rings. The van der Waals surface area contributed by atoms with E-state index < -0.39 is 12.0 Å². The Balaban J connectivity index is 3.04. The highest BCUT2D eigenvalue weighted by molar-refractivity contribution is 5.72. The number of unbranched alkanes of at least 4 members (excludes halogenated alkanes) is 13. The van der Waals surface area contributed by atoms with Gasteiger partial charge in [0.2, 0.25) is 0 Å². The zero-order valence-electron chi connectivity index (χ0n) is 14.1. The van der Waals surface area contributed by atoms with Crippen molar-refractivity contribution in [2.45, 2.75) is 109 Å². The third kappa shape index (κ3) is 15.6. The first-order chi connectivity index (χ1) is 10.2. The lowest BCUT2D eigenvalue weighted by molar-refractivity contribution is -0.138. The van der Waals surface area contributed by atoms with Gasteiger partial charge >= 0.3 is 5.97 Å². The lowest BCUT2D eigenvalue weighted by Crippen LogP contribution is -2.29. The number of rotatable bonds is 16. The summed E-state index contributed by atoms with van der Waals surface area (Å²) in [7, 11) is 0. The molecule has 0 aromatic carbocycles. The van der Waals surface area contributed by atoms with Crippen molar-refractivity contribution < 1.29 is 9.90 Å². The van der Waals surface area contributed by atoms with Crippen molar-refractivity contribution in [2.75, 3.05) is 0 Å². The van der Waals surface area contributed by atoms with Gasteiger partial charge in [0, 0.05) is 0 Å². The predicted molar refractivity (Wildman–Crippen MR) is 90.5 cm³/mol. The minimum atomic E-state index is -0.871. The maximum atomic E-state index is 10.5. The average Bonchev–Trinajstić information content (AvgIpc) is 2.47. The van der Waals surface area contributed by atoms with Crippen LogP contribution in [0.15, 0.2) is 0 Å². The fraction of sp³-hybridized carbons (Fsp3) is 0.944. The molecule has 0 aliphatic carbocycles. The predicted octanol–water partition coefficient (Wildman–Crippen LogP) is 5.27. The lowest BCUT2D eigenvalue weighted by atomic mass is 10.0. The monoisotopic (exact) mass is 299 g/mol. The van der Waals surface area contributed by atoms with Crippen LogP contribution < -0.4 is 5.73 Å². The standard InChI is InChI=1S/C18H37NO2/c1-2-3-4-5-6-7-8-9-10-11-12-13-14-15-16-17(19)18(20)21/h17H,2-16,19H2,1H3,(H,20,21)/t17-/m0/s1. The second-order valence-corrected chi connectivity index (χ2v) is 6.33. The maximum absolute atomic E-state index is 10.5. The van der Waals surface area contributed by atoms with E-state index >= 15 is 0 Å². The first-order valence-corrected chi connectivity index (χ1v) is 9.17. The van der Waals surface area contributed by atoms with Gasteiger partial charge in [0.15, 0.2) is 0 Å². The van der Waals surface area contributed by atoms with Gasteiger partial charge in [-0.2, -0.15) is 0 Å². The minimum Gasteiger partial charge on any atom is -0.480 e. The average molecular weight is 299 g/mol. The summed E-state index contributed by atoms with van der Waals surface area (Å²) in [6.45, 7) is 2.26. The number of hydrogen-bond donors (Lipinski definition) is 2. The summed E-state index contributed by atoms with van der Waals surface area (Å²) in [6.07, 6.45) is 19.1. The maximum Gasteiger partial charge on any atom is 0.320 e. The molecule has 126 valence electrons. The van der Waals surface area contributed by atoms with Crippen molar-refractivity contribution in [2.24, 2.45) is 5.73 Å². The molecular weight excluding hydrogens is 262 g/mol. The summed E-state index contributed by atoms with van der Waals surface area (Å²) in [5.41, 5.74) is 5.46. The van der Waals surface area contributed by atoms with Crippen molar-refractivity contribution in [1.82, 2.24) is 0 Å². The normalized spacial score (nSPS) is 12.5. The van der Waals surface area contributed by atoms with E-state index in [0.29, 0.717) is 6.42 Å². The fourth-order valence-corrected chi connectivity index (χ4v) is 2.68. The van der Waals surface area contributed by atoms with Crippen molar-refractivity contribution in [1.29, 1.82) is 0 Å². The molecule has 0 aliphatic heterocycles. The van der Waals surface area contributed by atoms with Gasteiger partial charge in [0.25, 0.3) is 0 Å². The third-order valence-electron chi connectivity index (χ3n) is 4.19. The second kappa shape index (κ2) is 15.8. The number of carboxylic acids is 1. The molecule has 3 heteroatoms. The van der Waals surface area contributed by atoms with Gasteiger partial charge < -0.3 is 10.8 Å². The molecule has 0 spiro atoms. The fourth-order valence-electron chi connectivity index (χ4n) is 2.68. The van der Waals surface area contributed by atoms with E-state index in [1.807, 2.05) is 0 Å². The van der Waals surface area contributed by atoms with Crippen LogP contribution in [0.1, 0.15) is 103 Å². The second-order valence-electron chi connectivity index (χ2n) is 6.33. The molecule has 0 unspecified atom stereocenters. The summed E-state index contributed by atoms with van der Waals surface area (Å²) in [4.78, 5) is 10.5. The summed E-state index contributed by atoms with van der Waals surface area (Å²) >= 11 is 0. The summed E-state index contributed by atoms with van der Waals surface area (Å²) in [5.74, 6) is -0.871. The third-order valence-corrected chi connectivity index (χ3v) is 4.19. The molecular formula is C18H37NO2. The molecule has 0 aromatic heterocycles. The van der Waals surface area contributed by atoms with Crippen molar-refractivity contribution in [3.05, 3.63) is 0 Å². The number of carbonyl (C=O) groups is 1. The lowest BCUT2D eigenvalue weighted by Gasteiger charge is -2.06. The molecule has 1 atom stereocenters. The Morgan fingerprint density at radius 3 is 1.43 bits per heavy atom. The number of carboxylic acid groups (broad SMARTS) is 1. The van der Waals surface area contributed by atoms with Gasteiger partial charge in [-0.05, 0) is 6.42 Å². The van der Waals surface area contributed by atoms with Gasteiger partial charge in [0.1, 0.15) is 6.04 Å².